The number of unbranched alkanes of at least 4 members (excludes halogenated alkanes) is 1. The topological polar surface area (TPSA) is 89.4 Å². The van der Waals surface area contributed by atoms with Crippen molar-refractivity contribution in [3.05, 3.63) is 42.2 Å². The third-order valence-corrected chi connectivity index (χ3v) is 5.90. The Kier molecular flexibility index (Phi) is 6.96. The van der Waals surface area contributed by atoms with Gasteiger partial charge >= 0.3 is 5.97 Å². The van der Waals surface area contributed by atoms with Gasteiger partial charge in [-0.2, -0.15) is 10.2 Å². The van der Waals surface area contributed by atoms with Gasteiger partial charge in [0.2, 0.25) is 0 Å². The second-order valence-corrected chi connectivity index (χ2v) is 7.69. The van der Waals surface area contributed by atoms with E-state index in [0.717, 1.165) is 29.7 Å². The van der Waals surface area contributed by atoms with Gasteiger partial charge in [0.25, 0.3) is 0 Å². The lowest BCUT2D eigenvalue weighted by molar-refractivity contribution is -0.145. The summed E-state index contributed by atoms with van der Waals surface area (Å²) < 4.78 is 5.23. The van der Waals surface area contributed by atoms with Gasteiger partial charge in [0.05, 0.1) is 24.9 Å². The highest BCUT2D eigenvalue weighted by Gasteiger charge is 2.40. The van der Waals surface area contributed by atoms with Crippen LogP contribution < -0.4 is 4.74 Å². The van der Waals surface area contributed by atoms with Crippen molar-refractivity contribution >= 4 is 11.8 Å². The number of methoxy groups -OCH3 is 1. The summed E-state index contributed by atoms with van der Waals surface area (Å²) >= 11 is 0. The van der Waals surface area contributed by atoms with Crippen LogP contribution in [0.1, 0.15) is 57.1 Å². The molecule has 0 spiro atoms. The lowest BCUT2D eigenvalue weighted by Gasteiger charge is -2.33. The molecule has 1 aromatic carbocycles. The van der Waals surface area contributed by atoms with E-state index >= 15 is 0 Å². The maximum absolute atomic E-state index is 12.6. The summed E-state index contributed by atoms with van der Waals surface area (Å²) in [6.07, 6.45) is 5.68. The number of carbonyl (C=O) groups is 2. The fraction of sp³-hybridized carbons (Fsp3) is 0.478. The molecule has 0 aliphatic heterocycles. The van der Waals surface area contributed by atoms with Crippen LogP contribution in [0.4, 0.5) is 0 Å². The first kappa shape index (κ1) is 21.0. The molecule has 6 heteroatoms. The lowest BCUT2D eigenvalue weighted by atomic mass is 9.70. The zero-order valence-electron chi connectivity index (χ0n) is 17.0. The van der Waals surface area contributed by atoms with Crippen LogP contribution >= 0.6 is 0 Å². The predicted octanol–water partition coefficient (Wildman–Crippen LogP) is 4.50. The third-order valence-electron chi connectivity index (χ3n) is 5.90. The zero-order chi connectivity index (χ0) is 20.8. The second-order valence-electron chi connectivity index (χ2n) is 7.69. The van der Waals surface area contributed by atoms with Crippen molar-refractivity contribution in [2.24, 2.45) is 11.8 Å². The van der Waals surface area contributed by atoms with Gasteiger partial charge < -0.3 is 9.84 Å². The molecular weight excluding hydrogens is 368 g/mol. The SMILES string of the molecule is CCCCC(=O)C1CCC(C(=O)O)C(c2nnccc2-c2ccc(OC)cc2)C1. The summed E-state index contributed by atoms with van der Waals surface area (Å²) in [5.41, 5.74) is 2.46. The van der Waals surface area contributed by atoms with Gasteiger partial charge in [0.15, 0.2) is 0 Å². The fourth-order valence-electron chi connectivity index (χ4n) is 4.25. The van der Waals surface area contributed by atoms with Crippen molar-refractivity contribution in [1.82, 2.24) is 10.2 Å². The number of carboxylic acid groups (broad SMARTS) is 1. The van der Waals surface area contributed by atoms with Crippen LogP contribution in [-0.4, -0.2) is 34.2 Å². The molecule has 3 unspecified atom stereocenters. The number of benzene rings is 1. The largest absolute Gasteiger partial charge is 0.497 e. The number of aromatic nitrogens is 2. The van der Waals surface area contributed by atoms with Gasteiger partial charge in [-0.15, -0.1) is 0 Å². The van der Waals surface area contributed by atoms with E-state index in [4.69, 9.17) is 4.74 Å². The van der Waals surface area contributed by atoms with Gasteiger partial charge in [-0.3, -0.25) is 9.59 Å². The average molecular weight is 396 g/mol. The number of rotatable bonds is 8. The van der Waals surface area contributed by atoms with Crippen molar-refractivity contribution in [1.29, 1.82) is 0 Å². The quantitative estimate of drug-likeness (QED) is 0.707. The molecule has 0 saturated heterocycles. The molecule has 0 bridgehead atoms. The molecule has 3 atom stereocenters. The Morgan fingerprint density at radius 2 is 1.93 bits per heavy atom. The Morgan fingerprint density at radius 3 is 2.59 bits per heavy atom. The third kappa shape index (κ3) is 4.81. The molecule has 1 fully saturated rings. The first-order valence-corrected chi connectivity index (χ1v) is 10.3. The lowest BCUT2D eigenvalue weighted by Crippen LogP contribution is -2.33. The number of carbonyl (C=O) groups excluding carboxylic acids is 1. The minimum atomic E-state index is -0.833. The van der Waals surface area contributed by atoms with Gasteiger partial charge in [-0.25, -0.2) is 0 Å². The van der Waals surface area contributed by atoms with Crippen molar-refractivity contribution in [3.63, 3.8) is 0 Å². The summed E-state index contributed by atoms with van der Waals surface area (Å²) in [6.45, 7) is 2.07. The number of carboxylic acids is 1. The molecule has 1 aromatic heterocycles. The fourth-order valence-corrected chi connectivity index (χ4v) is 4.25. The van der Waals surface area contributed by atoms with Gasteiger partial charge in [-0.1, -0.05) is 25.5 Å². The Hall–Kier alpha value is -2.76. The highest BCUT2D eigenvalue weighted by atomic mass is 16.5. The van der Waals surface area contributed by atoms with Crippen LogP contribution in [0.3, 0.4) is 0 Å². The molecule has 3 rings (SSSR count). The summed E-state index contributed by atoms with van der Waals surface area (Å²) in [6, 6.07) is 9.47. The van der Waals surface area contributed by atoms with E-state index in [-0.39, 0.29) is 17.6 Å². The average Bonchev–Trinajstić information content (AvgIpc) is 2.77. The van der Waals surface area contributed by atoms with Crippen molar-refractivity contribution in [3.8, 4) is 16.9 Å². The molecule has 0 amide bonds. The molecule has 1 N–H and O–H groups in total. The minimum absolute atomic E-state index is 0.104. The molecule has 1 heterocycles. The Bertz CT molecular complexity index is 850. The van der Waals surface area contributed by atoms with Crippen LogP contribution in [0.5, 0.6) is 5.75 Å². The normalized spacial score (nSPS) is 21.5. The van der Waals surface area contributed by atoms with Crippen LogP contribution in [0, 0.1) is 11.8 Å². The van der Waals surface area contributed by atoms with E-state index in [1.54, 1.807) is 13.3 Å². The summed E-state index contributed by atoms with van der Waals surface area (Å²) in [5, 5.41) is 18.2. The second kappa shape index (κ2) is 9.63. The van der Waals surface area contributed by atoms with Crippen LogP contribution in [-0.2, 0) is 9.59 Å². The first-order valence-electron chi connectivity index (χ1n) is 10.3. The summed E-state index contributed by atoms with van der Waals surface area (Å²) in [5.74, 6) is -0.828. The molecular formula is C23H28N2O4. The molecule has 1 aliphatic carbocycles. The Balaban J connectivity index is 1.94. The maximum atomic E-state index is 12.6. The van der Waals surface area contributed by atoms with Gasteiger partial charge in [-0.05, 0) is 49.4 Å². The van der Waals surface area contributed by atoms with Gasteiger partial charge in [0.1, 0.15) is 11.5 Å². The molecule has 0 radical (unpaired) electrons. The van der Waals surface area contributed by atoms with E-state index in [0.29, 0.717) is 31.4 Å². The number of aliphatic carboxylic acids is 1. The highest BCUT2D eigenvalue weighted by Crippen LogP contribution is 2.43. The molecule has 6 nitrogen and oxygen atoms in total. The molecule has 2 aromatic rings. The monoisotopic (exact) mass is 396 g/mol. The van der Waals surface area contributed by atoms with Crippen LogP contribution in [0.15, 0.2) is 36.5 Å². The predicted molar refractivity (Wildman–Crippen MR) is 110 cm³/mol. The summed E-state index contributed by atoms with van der Waals surface area (Å²) in [7, 11) is 1.61. The number of ketones is 1. The number of nitrogens with zero attached hydrogens (tertiary/aromatic N) is 2. The molecule has 154 valence electrons. The van der Waals surface area contributed by atoms with Crippen LogP contribution in [0.25, 0.3) is 11.1 Å². The van der Waals surface area contributed by atoms with E-state index in [2.05, 4.69) is 17.1 Å². The van der Waals surface area contributed by atoms with Gasteiger partial charge in [0, 0.05) is 23.8 Å². The number of hydrogen-bond donors (Lipinski definition) is 1. The molecule has 29 heavy (non-hydrogen) atoms. The van der Waals surface area contributed by atoms with Crippen LogP contribution in [0.2, 0.25) is 0 Å². The Labute approximate surface area is 171 Å². The number of ether oxygens (including phenoxy) is 1. The van der Waals surface area contributed by atoms with E-state index in [1.165, 1.54) is 0 Å². The minimum Gasteiger partial charge on any atom is -0.497 e. The Morgan fingerprint density at radius 1 is 1.17 bits per heavy atom. The molecule has 1 saturated carbocycles. The summed E-state index contributed by atoms with van der Waals surface area (Å²) in [4.78, 5) is 24.6. The first-order chi connectivity index (χ1) is 14.0. The van der Waals surface area contributed by atoms with Crippen molar-refractivity contribution in [2.45, 2.75) is 51.4 Å². The highest BCUT2D eigenvalue weighted by molar-refractivity contribution is 5.82. The molecule has 1 aliphatic rings. The van der Waals surface area contributed by atoms with E-state index in [9.17, 15) is 14.7 Å². The smallest absolute Gasteiger partial charge is 0.307 e. The number of Topliss-reactive ketones (excluding diaryl/α,β-unsaturated/α-hetero) is 1. The van der Waals surface area contributed by atoms with Crippen molar-refractivity contribution < 1.29 is 19.4 Å². The zero-order valence-corrected chi connectivity index (χ0v) is 17.0. The van der Waals surface area contributed by atoms with E-state index < -0.39 is 11.9 Å². The maximum Gasteiger partial charge on any atom is 0.307 e. The standard InChI is InChI=1S/C23H28N2O4/c1-3-4-5-21(26)16-8-11-19(23(27)28)20(14-16)22-18(12-13-24-25-22)15-6-9-17(29-2)10-7-15/h6-7,9-10,12-13,16,19-20H,3-5,8,11,14H2,1-2H3,(H,27,28). The van der Waals surface area contributed by atoms with E-state index in [1.807, 2.05) is 30.3 Å². The van der Waals surface area contributed by atoms with Crippen molar-refractivity contribution in [2.75, 3.05) is 7.11 Å². The number of hydrogen-bond acceptors (Lipinski definition) is 5.